The molecule has 0 fully saturated rings. The number of carbonyl (C=O) groups is 1. The van der Waals surface area contributed by atoms with Crippen molar-refractivity contribution in [1.29, 1.82) is 0 Å². The maximum absolute atomic E-state index is 11.7. The number of aliphatic hydroxyl groups excluding tert-OH is 1. The Hall–Kier alpha value is -3.19. The van der Waals surface area contributed by atoms with Crippen molar-refractivity contribution < 1.29 is 9.90 Å². The summed E-state index contributed by atoms with van der Waals surface area (Å²) >= 11 is 0. The average Bonchev–Trinajstić information content (AvgIpc) is 3.19. The summed E-state index contributed by atoms with van der Waals surface area (Å²) in [7, 11) is 0. The molecule has 7 nitrogen and oxygen atoms in total. The first-order valence-electron chi connectivity index (χ1n) is 10.6. The first-order chi connectivity index (χ1) is 14.9. The summed E-state index contributed by atoms with van der Waals surface area (Å²) in [4.78, 5) is 15.8. The van der Waals surface area contributed by atoms with Crippen LogP contribution in [0.3, 0.4) is 0 Å². The molecule has 0 spiro atoms. The van der Waals surface area contributed by atoms with Gasteiger partial charge in [-0.2, -0.15) is 5.10 Å². The molecule has 3 aromatic rings. The van der Waals surface area contributed by atoms with Crippen LogP contribution in [0, 0.1) is 0 Å². The van der Waals surface area contributed by atoms with Gasteiger partial charge in [-0.05, 0) is 41.7 Å². The molecular formula is C24H31N5O2. The molecule has 0 radical (unpaired) electrons. The minimum Gasteiger partial charge on any atom is -0.395 e. The number of rotatable bonds is 9. The van der Waals surface area contributed by atoms with Crippen molar-refractivity contribution >= 4 is 11.7 Å². The summed E-state index contributed by atoms with van der Waals surface area (Å²) in [5.41, 5.74) is 4.16. The first kappa shape index (κ1) is 22.5. The van der Waals surface area contributed by atoms with E-state index in [1.807, 2.05) is 22.9 Å². The lowest BCUT2D eigenvalue weighted by atomic mass is 9.87. The third kappa shape index (κ3) is 6.15. The zero-order valence-corrected chi connectivity index (χ0v) is 18.4. The van der Waals surface area contributed by atoms with Gasteiger partial charge in [0.15, 0.2) is 0 Å². The van der Waals surface area contributed by atoms with Gasteiger partial charge in [-0.1, -0.05) is 32.9 Å². The fourth-order valence-electron chi connectivity index (χ4n) is 3.22. The number of hydrogen-bond donors (Lipinski definition) is 3. The fraction of sp³-hybridized carbons (Fsp3) is 0.375. The summed E-state index contributed by atoms with van der Waals surface area (Å²) in [5.74, 6) is 0.811. The third-order valence-corrected chi connectivity index (χ3v) is 4.98. The van der Waals surface area contributed by atoms with Crippen LogP contribution in [0.2, 0.25) is 0 Å². The second-order valence-electron chi connectivity index (χ2n) is 8.46. The van der Waals surface area contributed by atoms with E-state index in [9.17, 15) is 4.79 Å². The molecular weight excluding hydrogens is 390 g/mol. The van der Waals surface area contributed by atoms with Gasteiger partial charge in [-0.25, -0.2) is 4.68 Å². The van der Waals surface area contributed by atoms with Crippen molar-refractivity contribution in [2.75, 3.05) is 25.0 Å². The van der Waals surface area contributed by atoms with Gasteiger partial charge in [0.2, 0.25) is 5.91 Å². The highest BCUT2D eigenvalue weighted by Gasteiger charge is 2.15. The average molecular weight is 422 g/mol. The number of nitrogens with zero attached hydrogens (tertiary/aromatic N) is 3. The molecule has 0 saturated carbocycles. The van der Waals surface area contributed by atoms with Crippen LogP contribution in [0.15, 0.2) is 54.9 Å². The lowest BCUT2D eigenvalue weighted by molar-refractivity contribution is -0.121. The van der Waals surface area contributed by atoms with Gasteiger partial charge in [-0.3, -0.25) is 9.78 Å². The second-order valence-corrected chi connectivity index (χ2v) is 8.46. The molecule has 3 rings (SSSR count). The molecule has 1 aromatic carbocycles. The van der Waals surface area contributed by atoms with Crippen LogP contribution in [0.5, 0.6) is 0 Å². The van der Waals surface area contributed by atoms with Crippen molar-refractivity contribution in [3.63, 3.8) is 0 Å². The lowest BCUT2D eigenvalue weighted by Gasteiger charge is -2.19. The highest BCUT2D eigenvalue weighted by atomic mass is 16.3. The fourth-order valence-corrected chi connectivity index (χ4v) is 3.22. The highest BCUT2D eigenvalue weighted by Crippen LogP contribution is 2.27. The van der Waals surface area contributed by atoms with E-state index in [4.69, 9.17) is 10.2 Å². The van der Waals surface area contributed by atoms with Gasteiger partial charge in [-0.15, -0.1) is 0 Å². The number of aliphatic hydroxyl groups is 1. The van der Waals surface area contributed by atoms with Crippen LogP contribution in [-0.4, -0.2) is 45.5 Å². The molecule has 7 heteroatoms. The van der Waals surface area contributed by atoms with Crippen LogP contribution in [-0.2, 0) is 10.2 Å². The highest BCUT2D eigenvalue weighted by molar-refractivity contribution is 5.75. The topological polar surface area (TPSA) is 92.1 Å². The molecule has 164 valence electrons. The quantitative estimate of drug-likeness (QED) is 0.460. The Morgan fingerprint density at radius 3 is 2.42 bits per heavy atom. The minimum absolute atomic E-state index is 0.0467. The lowest BCUT2D eigenvalue weighted by Crippen LogP contribution is -2.26. The minimum atomic E-state index is -0.0559. The van der Waals surface area contributed by atoms with Gasteiger partial charge < -0.3 is 15.7 Å². The largest absolute Gasteiger partial charge is 0.395 e. The van der Waals surface area contributed by atoms with E-state index in [0.29, 0.717) is 25.9 Å². The third-order valence-electron chi connectivity index (χ3n) is 4.98. The summed E-state index contributed by atoms with van der Waals surface area (Å²) < 4.78 is 1.90. The Balaban J connectivity index is 1.78. The number of amides is 1. The van der Waals surface area contributed by atoms with E-state index < -0.39 is 0 Å². The van der Waals surface area contributed by atoms with E-state index in [-0.39, 0.29) is 17.9 Å². The Kier molecular flexibility index (Phi) is 7.41. The number of benzene rings is 1. The smallest absolute Gasteiger partial charge is 0.220 e. The van der Waals surface area contributed by atoms with Crippen molar-refractivity contribution in [1.82, 2.24) is 20.1 Å². The number of anilines is 1. The van der Waals surface area contributed by atoms with Gasteiger partial charge >= 0.3 is 0 Å². The SMILES string of the molecule is CC(C)(C)c1ccc(-n2nc(-c3ccncc3)cc2NCCCC(=O)NCCO)cc1. The molecule has 2 aromatic heterocycles. The van der Waals surface area contributed by atoms with Crippen molar-refractivity contribution in [3.8, 4) is 16.9 Å². The number of hydrogen-bond acceptors (Lipinski definition) is 5. The monoisotopic (exact) mass is 421 g/mol. The van der Waals surface area contributed by atoms with E-state index in [1.54, 1.807) is 12.4 Å². The molecule has 0 aliphatic heterocycles. The number of pyridine rings is 1. The van der Waals surface area contributed by atoms with Crippen LogP contribution in [0.25, 0.3) is 16.9 Å². The van der Waals surface area contributed by atoms with Crippen LogP contribution in [0.1, 0.15) is 39.2 Å². The zero-order valence-electron chi connectivity index (χ0n) is 18.4. The van der Waals surface area contributed by atoms with Crippen molar-refractivity contribution in [3.05, 3.63) is 60.4 Å². The standard InChI is InChI=1S/C24H31N5O2/c1-24(2,3)19-6-8-20(9-7-19)29-22(26-12-4-5-23(31)27-15-16-30)17-21(28-29)18-10-13-25-14-11-18/h6-11,13-14,17,26,30H,4-5,12,15-16H2,1-3H3,(H,27,31). The van der Waals surface area contributed by atoms with Crippen molar-refractivity contribution in [2.24, 2.45) is 0 Å². The van der Waals surface area contributed by atoms with Crippen LogP contribution >= 0.6 is 0 Å². The second kappa shape index (κ2) is 10.2. The summed E-state index contributed by atoms with van der Waals surface area (Å²) in [6.45, 7) is 7.46. The molecule has 0 saturated heterocycles. The van der Waals surface area contributed by atoms with E-state index in [0.717, 1.165) is 22.8 Å². The van der Waals surface area contributed by atoms with E-state index >= 15 is 0 Å². The first-order valence-corrected chi connectivity index (χ1v) is 10.6. The Bertz CT molecular complexity index is 975. The Morgan fingerprint density at radius 1 is 1.06 bits per heavy atom. The maximum atomic E-state index is 11.7. The van der Waals surface area contributed by atoms with E-state index in [2.05, 4.69) is 60.7 Å². The molecule has 31 heavy (non-hydrogen) atoms. The molecule has 2 heterocycles. The molecule has 3 N–H and O–H groups in total. The molecule has 0 atom stereocenters. The summed E-state index contributed by atoms with van der Waals surface area (Å²) in [5, 5.41) is 19.7. The van der Waals surface area contributed by atoms with Crippen molar-refractivity contribution in [2.45, 2.75) is 39.0 Å². The predicted octanol–water partition coefficient (Wildman–Crippen LogP) is 3.53. The molecule has 0 unspecified atom stereocenters. The molecule has 0 aliphatic rings. The summed E-state index contributed by atoms with van der Waals surface area (Å²) in [6.07, 6.45) is 4.59. The maximum Gasteiger partial charge on any atom is 0.220 e. The van der Waals surface area contributed by atoms with Gasteiger partial charge in [0.25, 0.3) is 0 Å². The summed E-state index contributed by atoms with van der Waals surface area (Å²) in [6, 6.07) is 14.3. The molecule has 1 amide bonds. The molecule has 0 aliphatic carbocycles. The van der Waals surface area contributed by atoms with E-state index in [1.165, 1.54) is 5.56 Å². The predicted molar refractivity (Wildman–Crippen MR) is 123 cm³/mol. The van der Waals surface area contributed by atoms with Gasteiger partial charge in [0, 0.05) is 43.5 Å². The molecule has 0 bridgehead atoms. The van der Waals surface area contributed by atoms with Crippen LogP contribution < -0.4 is 10.6 Å². The van der Waals surface area contributed by atoms with Gasteiger partial charge in [0.05, 0.1) is 18.0 Å². The number of carbonyl (C=O) groups excluding carboxylic acids is 1. The Morgan fingerprint density at radius 2 is 1.77 bits per heavy atom. The number of aromatic nitrogens is 3. The van der Waals surface area contributed by atoms with Gasteiger partial charge in [0.1, 0.15) is 5.82 Å². The van der Waals surface area contributed by atoms with Crippen LogP contribution in [0.4, 0.5) is 5.82 Å². The zero-order chi connectivity index (χ0) is 22.3. The number of nitrogens with one attached hydrogen (secondary N) is 2. The normalized spacial score (nSPS) is 11.4. The Labute approximate surface area is 183 Å².